The first-order chi connectivity index (χ1) is 6.74. The molecule has 3 heteroatoms. The van der Waals surface area contributed by atoms with Crippen LogP contribution in [0.25, 0.3) is 0 Å². The number of hydrogen-bond donors (Lipinski definition) is 0. The van der Waals surface area contributed by atoms with Crippen LogP contribution in [0.1, 0.15) is 39.5 Å². The van der Waals surface area contributed by atoms with Crippen LogP contribution in [0.15, 0.2) is 0 Å². The van der Waals surface area contributed by atoms with E-state index < -0.39 is 0 Å². The molecule has 14 heavy (non-hydrogen) atoms. The molecule has 0 radical (unpaired) electrons. The standard InChI is InChI=1S/C11H20O3/c1-3-4-5-6-10-7-13-8-11(10)14-9(2)12/h10-11H,3-8H2,1-2H3. The highest BCUT2D eigenvalue weighted by molar-refractivity contribution is 5.66. The van der Waals surface area contributed by atoms with Crippen molar-refractivity contribution in [2.75, 3.05) is 13.2 Å². The molecule has 0 aromatic heterocycles. The predicted octanol–water partition coefficient (Wildman–Crippen LogP) is 2.14. The van der Waals surface area contributed by atoms with Gasteiger partial charge in [-0.2, -0.15) is 0 Å². The highest BCUT2D eigenvalue weighted by atomic mass is 16.6. The molecular weight excluding hydrogens is 180 g/mol. The first-order valence-corrected chi connectivity index (χ1v) is 5.49. The second-order valence-electron chi connectivity index (χ2n) is 3.94. The van der Waals surface area contributed by atoms with E-state index in [9.17, 15) is 4.79 Å². The lowest BCUT2D eigenvalue weighted by Gasteiger charge is -2.16. The van der Waals surface area contributed by atoms with Crippen LogP contribution in [0, 0.1) is 5.92 Å². The highest BCUT2D eigenvalue weighted by Gasteiger charge is 2.29. The molecule has 1 fully saturated rings. The summed E-state index contributed by atoms with van der Waals surface area (Å²) >= 11 is 0. The summed E-state index contributed by atoms with van der Waals surface area (Å²) in [5.74, 6) is 0.228. The summed E-state index contributed by atoms with van der Waals surface area (Å²) in [5.41, 5.74) is 0. The maximum absolute atomic E-state index is 10.8. The molecule has 82 valence electrons. The SMILES string of the molecule is CCCCCC1COCC1OC(C)=O. The van der Waals surface area contributed by atoms with Crippen LogP contribution in [-0.2, 0) is 14.3 Å². The van der Waals surface area contributed by atoms with Gasteiger partial charge >= 0.3 is 5.97 Å². The van der Waals surface area contributed by atoms with Crippen molar-refractivity contribution in [3.8, 4) is 0 Å². The predicted molar refractivity (Wildman–Crippen MR) is 54.0 cm³/mol. The van der Waals surface area contributed by atoms with E-state index >= 15 is 0 Å². The molecule has 0 spiro atoms. The van der Waals surface area contributed by atoms with Crippen LogP contribution in [-0.4, -0.2) is 25.3 Å². The van der Waals surface area contributed by atoms with E-state index in [0.717, 1.165) is 13.0 Å². The molecular formula is C11H20O3. The maximum Gasteiger partial charge on any atom is 0.302 e. The van der Waals surface area contributed by atoms with E-state index in [4.69, 9.17) is 9.47 Å². The number of ether oxygens (including phenoxy) is 2. The summed E-state index contributed by atoms with van der Waals surface area (Å²) in [5, 5.41) is 0. The number of carbonyl (C=O) groups excluding carboxylic acids is 1. The fraction of sp³-hybridized carbons (Fsp3) is 0.909. The fourth-order valence-corrected chi connectivity index (χ4v) is 1.85. The Morgan fingerprint density at radius 1 is 1.43 bits per heavy atom. The number of rotatable bonds is 5. The average molecular weight is 200 g/mol. The van der Waals surface area contributed by atoms with Gasteiger partial charge in [-0.15, -0.1) is 0 Å². The van der Waals surface area contributed by atoms with Crippen LogP contribution in [0.5, 0.6) is 0 Å². The molecule has 0 aromatic rings. The molecule has 0 amide bonds. The second-order valence-corrected chi connectivity index (χ2v) is 3.94. The first kappa shape index (κ1) is 11.5. The van der Waals surface area contributed by atoms with Crippen molar-refractivity contribution in [3.63, 3.8) is 0 Å². The fourth-order valence-electron chi connectivity index (χ4n) is 1.85. The van der Waals surface area contributed by atoms with Gasteiger partial charge in [-0.05, 0) is 6.42 Å². The van der Waals surface area contributed by atoms with Crippen LogP contribution in [0.2, 0.25) is 0 Å². The molecule has 1 aliphatic rings. The summed E-state index contributed by atoms with van der Waals surface area (Å²) in [4.78, 5) is 10.8. The third kappa shape index (κ3) is 3.66. The Balaban J connectivity index is 2.24. The molecule has 2 atom stereocenters. The highest BCUT2D eigenvalue weighted by Crippen LogP contribution is 2.23. The van der Waals surface area contributed by atoms with Crippen molar-refractivity contribution in [2.24, 2.45) is 5.92 Å². The molecule has 1 aliphatic heterocycles. The third-order valence-corrected chi connectivity index (χ3v) is 2.64. The van der Waals surface area contributed by atoms with E-state index in [-0.39, 0.29) is 12.1 Å². The van der Waals surface area contributed by atoms with Gasteiger partial charge in [0.25, 0.3) is 0 Å². The average Bonchev–Trinajstić information content (AvgIpc) is 2.52. The quantitative estimate of drug-likeness (QED) is 0.504. The minimum Gasteiger partial charge on any atom is -0.460 e. The van der Waals surface area contributed by atoms with Gasteiger partial charge in [0, 0.05) is 12.8 Å². The van der Waals surface area contributed by atoms with Crippen LogP contribution in [0.4, 0.5) is 0 Å². The lowest BCUT2D eigenvalue weighted by molar-refractivity contribution is -0.147. The molecule has 2 unspecified atom stereocenters. The number of carbonyl (C=O) groups is 1. The van der Waals surface area contributed by atoms with Gasteiger partial charge in [-0.1, -0.05) is 26.2 Å². The minimum absolute atomic E-state index is 0.00403. The molecule has 0 saturated carbocycles. The monoisotopic (exact) mass is 200 g/mol. The zero-order chi connectivity index (χ0) is 10.4. The van der Waals surface area contributed by atoms with Gasteiger partial charge in [-0.3, -0.25) is 4.79 Å². The number of esters is 1. The van der Waals surface area contributed by atoms with E-state index in [1.54, 1.807) is 0 Å². The van der Waals surface area contributed by atoms with E-state index in [1.807, 2.05) is 0 Å². The van der Waals surface area contributed by atoms with Crippen molar-refractivity contribution in [1.29, 1.82) is 0 Å². The molecule has 3 nitrogen and oxygen atoms in total. The van der Waals surface area contributed by atoms with E-state index in [2.05, 4.69) is 6.92 Å². The zero-order valence-corrected chi connectivity index (χ0v) is 9.12. The Hall–Kier alpha value is -0.570. The Morgan fingerprint density at radius 3 is 2.86 bits per heavy atom. The smallest absolute Gasteiger partial charge is 0.302 e. The molecule has 0 aliphatic carbocycles. The number of unbranched alkanes of at least 4 members (excludes halogenated alkanes) is 2. The van der Waals surface area contributed by atoms with Crippen molar-refractivity contribution < 1.29 is 14.3 Å². The molecule has 0 bridgehead atoms. The number of hydrogen-bond acceptors (Lipinski definition) is 3. The molecule has 1 heterocycles. The first-order valence-electron chi connectivity index (χ1n) is 5.49. The minimum atomic E-state index is -0.194. The van der Waals surface area contributed by atoms with Gasteiger partial charge < -0.3 is 9.47 Å². The molecule has 0 N–H and O–H groups in total. The maximum atomic E-state index is 10.8. The lowest BCUT2D eigenvalue weighted by Crippen LogP contribution is -2.24. The topological polar surface area (TPSA) is 35.5 Å². The van der Waals surface area contributed by atoms with Crippen molar-refractivity contribution in [1.82, 2.24) is 0 Å². The Kier molecular flexibility index (Phi) is 4.94. The van der Waals surface area contributed by atoms with Gasteiger partial charge in [0.2, 0.25) is 0 Å². The van der Waals surface area contributed by atoms with Crippen LogP contribution >= 0.6 is 0 Å². The zero-order valence-electron chi connectivity index (χ0n) is 9.12. The Morgan fingerprint density at radius 2 is 2.21 bits per heavy atom. The van der Waals surface area contributed by atoms with E-state index in [1.165, 1.54) is 26.2 Å². The van der Waals surface area contributed by atoms with Crippen molar-refractivity contribution in [3.05, 3.63) is 0 Å². The summed E-state index contributed by atoms with van der Waals surface area (Å²) < 4.78 is 10.5. The Bertz CT molecular complexity index is 179. The molecule has 1 saturated heterocycles. The van der Waals surface area contributed by atoms with Crippen molar-refractivity contribution in [2.45, 2.75) is 45.6 Å². The lowest BCUT2D eigenvalue weighted by atomic mass is 9.98. The van der Waals surface area contributed by atoms with Crippen LogP contribution < -0.4 is 0 Å². The summed E-state index contributed by atoms with van der Waals surface area (Å²) in [6.07, 6.45) is 4.81. The van der Waals surface area contributed by atoms with Crippen molar-refractivity contribution >= 4 is 5.97 Å². The normalized spacial score (nSPS) is 26.4. The third-order valence-electron chi connectivity index (χ3n) is 2.64. The van der Waals surface area contributed by atoms with E-state index in [0.29, 0.717) is 12.5 Å². The second kappa shape index (κ2) is 6.02. The van der Waals surface area contributed by atoms with Gasteiger partial charge in [-0.25, -0.2) is 0 Å². The van der Waals surface area contributed by atoms with Gasteiger partial charge in [0.15, 0.2) is 0 Å². The Labute approximate surface area is 85.8 Å². The summed E-state index contributed by atoms with van der Waals surface area (Å²) in [6.45, 7) is 4.98. The molecule has 0 aromatic carbocycles. The van der Waals surface area contributed by atoms with Gasteiger partial charge in [0.1, 0.15) is 6.10 Å². The summed E-state index contributed by atoms with van der Waals surface area (Å²) in [6, 6.07) is 0. The molecule has 1 rings (SSSR count). The summed E-state index contributed by atoms with van der Waals surface area (Å²) in [7, 11) is 0. The van der Waals surface area contributed by atoms with Gasteiger partial charge in [0.05, 0.1) is 13.2 Å². The van der Waals surface area contributed by atoms with Crippen LogP contribution in [0.3, 0.4) is 0 Å². The largest absolute Gasteiger partial charge is 0.460 e.